The quantitative estimate of drug-likeness (QED) is 0.740. The predicted molar refractivity (Wildman–Crippen MR) is 57.8 cm³/mol. The second kappa shape index (κ2) is 2.89. The standard InChI is InChI=1S/C8H7BrClN3/c1-13-7-2-4(9)5(11)3-6(7)12-8(13)10/h2-3H,11H2,1H3. The lowest BCUT2D eigenvalue weighted by atomic mass is 10.3. The maximum absolute atomic E-state index is 5.85. The fraction of sp³-hybridized carbons (Fsp3) is 0.125. The lowest BCUT2D eigenvalue weighted by Crippen LogP contribution is -1.89. The number of halogens is 2. The van der Waals surface area contributed by atoms with Crippen molar-refractivity contribution < 1.29 is 0 Å². The van der Waals surface area contributed by atoms with Gasteiger partial charge in [0.15, 0.2) is 0 Å². The maximum Gasteiger partial charge on any atom is 0.203 e. The van der Waals surface area contributed by atoms with Crippen molar-refractivity contribution in [2.45, 2.75) is 0 Å². The molecule has 5 heteroatoms. The Morgan fingerprint density at radius 2 is 2.23 bits per heavy atom. The molecule has 2 N–H and O–H groups in total. The zero-order valence-electron chi connectivity index (χ0n) is 6.88. The molecule has 1 aromatic heterocycles. The molecule has 0 saturated heterocycles. The molecule has 0 amide bonds. The van der Waals surface area contributed by atoms with E-state index in [9.17, 15) is 0 Å². The van der Waals surface area contributed by atoms with Gasteiger partial charge < -0.3 is 10.3 Å². The van der Waals surface area contributed by atoms with E-state index in [1.807, 2.05) is 13.1 Å². The van der Waals surface area contributed by atoms with Crippen LogP contribution in [0.5, 0.6) is 0 Å². The Labute approximate surface area is 88.6 Å². The lowest BCUT2D eigenvalue weighted by molar-refractivity contribution is 0.948. The van der Waals surface area contributed by atoms with Gasteiger partial charge in [-0.05, 0) is 39.7 Å². The summed E-state index contributed by atoms with van der Waals surface area (Å²) in [5.74, 6) is 0. The molecule has 0 aliphatic carbocycles. The van der Waals surface area contributed by atoms with E-state index in [0.29, 0.717) is 11.0 Å². The Morgan fingerprint density at radius 1 is 1.54 bits per heavy atom. The number of nitrogens with two attached hydrogens (primary N) is 1. The lowest BCUT2D eigenvalue weighted by Gasteiger charge is -1.99. The molecule has 0 saturated carbocycles. The molecule has 1 aromatic carbocycles. The number of aryl methyl sites for hydroxylation is 1. The smallest absolute Gasteiger partial charge is 0.203 e. The van der Waals surface area contributed by atoms with Gasteiger partial charge in [0.2, 0.25) is 5.28 Å². The second-order valence-electron chi connectivity index (χ2n) is 2.80. The molecule has 2 aromatic rings. The van der Waals surface area contributed by atoms with Crippen molar-refractivity contribution >= 4 is 44.3 Å². The van der Waals surface area contributed by atoms with Crippen molar-refractivity contribution in [3.05, 3.63) is 21.9 Å². The van der Waals surface area contributed by atoms with E-state index in [2.05, 4.69) is 20.9 Å². The Bertz CT molecular complexity index is 478. The van der Waals surface area contributed by atoms with Crippen molar-refractivity contribution in [2.75, 3.05) is 5.73 Å². The molecule has 0 unspecified atom stereocenters. The summed E-state index contributed by atoms with van der Waals surface area (Å²) in [6.07, 6.45) is 0. The van der Waals surface area contributed by atoms with Crippen LogP contribution in [0, 0.1) is 0 Å². The molecule has 3 nitrogen and oxygen atoms in total. The Hall–Kier alpha value is -0.740. The third-order valence-corrected chi connectivity index (χ3v) is 2.97. The molecule has 0 spiro atoms. The highest BCUT2D eigenvalue weighted by Crippen LogP contribution is 2.27. The van der Waals surface area contributed by atoms with Gasteiger partial charge in [0.25, 0.3) is 0 Å². The van der Waals surface area contributed by atoms with Gasteiger partial charge in [-0.3, -0.25) is 0 Å². The SMILES string of the molecule is Cn1c(Cl)nc2cc(N)c(Br)cc21. The van der Waals surface area contributed by atoms with Crippen molar-refractivity contribution in [3.8, 4) is 0 Å². The van der Waals surface area contributed by atoms with Gasteiger partial charge in [-0.15, -0.1) is 0 Å². The highest BCUT2D eigenvalue weighted by atomic mass is 79.9. The van der Waals surface area contributed by atoms with E-state index in [1.165, 1.54) is 0 Å². The van der Waals surface area contributed by atoms with Gasteiger partial charge in [0.1, 0.15) is 0 Å². The summed E-state index contributed by atoms with van der Waals surface area (Å²) in [6.45, 7) is 0. The van der Waals surface area contributed by atoms with Crippen LogP contribution >= 0.6 is 27.5 Å². The summed E-state index contributed by atoms with van der Waals surface area (Å²) >= 11 is 9.20. The molecule has 13 heavy (non-hydrogen) atoms. The summed E-state index contributed by atoms with van der Waals surface area (Å²) in [5, 5.41) is 0.465. The first-order valence-electron chi connectivity index (χ1n) is 3.66. The van der Waals surface area contributed by atoms with Crippen molar-refractivity contribution in [2.24, 2.45) is 7.05 Å². The normalized spacial score (nSPS) is 11.0. The largest absolute Gasteiger partial charge is 0.398 e. The first-order chi connectivity index (χ1) is 6.09. The molecule has 0 aliphatic rings. The van der Waals surface area contributed by atoms with Gasteiger partial charge in [-0.25, -0.2) is 4.98 Å². The predicted octanol–water partition coefficient (Wildman–Crippen LogP) is 2.57. The molecule has 68 valence electrons. The van der Waals surface area contributed by atoms with Crippen LogP contribution in [-0.2, 0) is 7.05 Å². The zero-order chi connectivity index (χ0) is 9.59. The van der Waals surface area contributed by atoms with E-state index in [-0.39, 0.29) is 0 Å². The molecular weight excluding hydrogens is 253 g/mol. The number of benzene rings is 1. The first kappa shape index (κ1) is 8.84. The maximum atomic E-state index is 5.85. The van der Waals surface area contributed by atoms with Crippen LogP contribution in [0.15, 0.2) is 16.6 Å². The molecule has 2 rings (SSSR count). The average molecular weight is 261 g/mol. The third kappa shape index (κ3) is 1.30. The summed E-state index contributed by atoms with van der Waals surface area (Å²) in [6, 6.07) is 3.70. The Morgan fingerprint density at radius 3 is 2.92 bits per heavy atom. The van der Waals surface area contributed by atoms with Crippen LogP contribution < -0.4 is 5.73 Å². The molecule has 0 fully saturated rings. The highest BCUT2D eigenvalue weighted by molar-refractivity contribution is 9.10. The molecule has 0 bridgehead atoms. The number of nitrogens with zero attached hydrogens (tertiary/aromatic N) is 2. The fourth-order valence-electron chi connectivity index (χ4n) is 1.20. The van der Waals surface area contributed by atoms with Crippen LogP contribution in [0.4, 0.5) is 5.69 Å². The molecule has 1 heterocycles. The minimum absolute atomic E-state index is 0.465. The van der Waals surface area contributed by atoms with E-state index < -0.39 is 0 Å². The van der Waals surface area contributed by atoms with E-state index >= 15 is 0 Å². The van der Waals surface area contributed by atoms with Gasteiger partial charge in [0.05, 0.1) is 11.0 Å². The van der Waals surface area contributed by atoms with Crippen LogP contribution in [0.1, 0.15) is 0 Å². The zero-order valence-corrected chi connectivity index (χ0v) is 9.22. The van der Waals surface area contributed by atoms with Crippen LogP contribution in [0.2, 0.25) is 5.28 Å². The van der Waals surface area contributed by atoms with Crippen molar-refractivity contribution in [1.82, 2.24) is 9.55 Å². The number of anilines is 1. The second-order valence-corrected chi connectivity index (χ2v) is 3.99. The van der Waals surface area contributed by atoms with Crippen LogP contribution in [0.25, 0.3) is 11.0 Å². The number of aromatic nitrogens is 2. The van der Waals surface area contributed by atoms with Crippen molar-refractivity contribution in [3.63, 3.8) is 0 Å². The van der Waals surface area contributed by atoms with E-state index in [1.54, 1.807) is 10.6 Å². The number of fused-ring (bicyclic) bond motifs is 1. The fourth-order valence-corrected chi connectivity index (χ4v) is 1.71. The number of nitrogen functional groups attached to an aromatic ring is 1. The van der Waals surface area contributed by atoms with Crippen LogP contribution in [0.3, 0.4) is 0 Å². The van der Waals surface area contributed by atoms with Gasteiger partial charge >= 0.3 is 0 Å². The van der Waals surface area contributed by atoms with E-state index in [4.69, 9.17) is 17.3 Å². The third-order valence-electron chi connectivity index (χ3n) is 1.94. The van der Waals surface area contributed by atoms with Gasteiger partial charge in [0, 0.05) is 17.2 Å². The number of hydrogen-bond donors (Lipinski definition) is 1. The van der Waals surface area contributed by atoms with E-state index in [0.717, 1.165) is 15.5 Å². The van der Waals surface area contributed by atoms with Crippen molar-refractivity contribution in [1.29, 1.82) is 0 Å². The molecular formula is C8H7BrClN3. The molecule has 0 aliphatic heterocycles. The molecule has 0 radical (unpaired) electrons. The average Bonchev–Trinajstić information content (AvgIpc) is 2.32. The highest BCUT2D eigenvalue weighted by Gasteiger charge is 2.07. The molecule has 0 atom stereocenters. The minimum atomic E-state index is 0.465. The first-order valence-corrected chi connectivity index (χ1v) is 4.83. The topological polar surface area (TPSA) is 43.8 Å². The monoisotopic (exact) mass is 259 g/mol. The number of imidazole rings is 1. The Kier molecular flexibility index (Phi) is 1.96. The van der Waals surface area contributed by atoms with Gasteiger partial charge in [-0.2, -0.15) is 0 Å². The van der Waals surface area contributed by atoms with Gasteiger partial charge in [-0.1, -0.05) is 0 Å². The summed E-state index contributed by atoms with van der Waals surface area (Å²) in [5.41, 5.74) is 8.15. The minimum Gasteiger partial charge on any atom is -0.398 e. The Balaban J connectivity index is 2.89. The summed E-state index contributed by atoms with van der Waals surface area (Å²) < 4.78 is 2.67. The number of hydrogen-bond acceptors (Lipinski definition) is 2. The summed E-state index contributed by atoms with van der Waals surface area (Å²) in [7, 11) is 1.86. The van der Waals surface area contributed by atoms with Crippen LogP contribution in [-0.4, -0.2) is 9.55 Å². The summed E-state index contributed by atoms with van der Waals surface area (Å²) in [4.78, 5) is 4.14. The number of rotatable bonds is 0.